The summed E-state index contributed by atoms with van der Waals surface area (Å²) in [6.07, 6.45) is 1.84. The molecule has 35 heavy (non-hydrogen) atoms. The van der Waals surface area contributed by atoms with Gasteiger partial charge in [-0.1, -0.05) is 48.5 Å². The predicted octanol–water partition coefficient (Wildman–Crippen LogP) is 4.03. The molecule has 1 aromatic heterocycles. The van der Waals surface area contributed by atoms with Crippen LogP contribution in [0.25, 0.3) is 16.9 Å². The maximum atomic E-state index is 12.5. The Balaban J connectivity index is 1.42. The maximum absolute atomic E-state index is 12.5. The van der Waals surface area contributed by atoms with Gasteiger partial charge in [-0.25, -0.2) is 4.68 Å². The van der Waals surface area contributed by atoms with Gasteiger partial charge < -0.3 is 19.5 Å². The molecule has 3 aromatic carbocycles. The highest BCUT2D eigenvalue weighted by Crippen LogP contribution is 2.27. The van der Waals surface area contributed by atoms with Crippen LogP contribution in [0.1, 0.15) is 15.9 Å². The number of aromatic nitrogens is 2. The minimum atomic E-state index is -0.565. The third-order valence-electron chi connectivity index (χ3n) is 5.29. The van der Waals surface area contributed by atoms with Crippen LogP contribution in [0, 0.1) is 0 Å². The number of carbonyl (C=O) groups is 2. The molecule has 4 rings (SSSR count). The number of amides is 1. The van der Waals surface area contributed by atoms with E-state index < -0.39 is 11.9 Å². The van der Waals surface area contributed by atoms with E-state index in [9.17, 15) is 9.59 Å². The lowest BCUT2D eigenvalue weighted by Gasteiger charge is -2.10. The number of nitrogens with zero attached hydrogens (tertiary/aromatic N) is 2. The van der Waals surface area contributed by atoms with Crippen LogP contribution < -0.4 is 14.8 Å². The molecule has 0 spiro atoms. The fourth-order valence-corrected chi connectivity index (χ4v) is 3.51. The van der Waals surface area contributed by atoms with Gasteiger partial charge in [-0.3, -0.25) is 9.59 Å². The SMILES string of the molecule is COc1ccc(C(=O)NCC(=O)OCc2cn(-c3ccccc3)nc2-c2ccccc2)cc1OC. The predicted molar refractivity (Wildman–Crippen MR) is 131 cm³/mol. The highest BCUT2D eigenvalue weighted by Gasteiger charge is 2.16. The van der Waals surface area contributed by atoms with E-state index in [1.54, 1.807) is 22.9 Å². The van der Waals surface area contributed by atoms with Crippen molar-refractivity contribution < 1.29 is 23.8 Å². The van der Waals surface area contributed by atoms with Gasteiger partial charge in [0.15, 0.2) is 11.5 Å². The fraction of sp³-hybridized carbons (Fsp3) is 0.148. The second kappa shape index (κ2) is 11.0. The molecular formula is C27H25N3O5. The highest BCUT2D eigenvalue weighted by atomic mass is 16.5. The first-order valence-electron chi connectivity index (χ1n) is 10.9. The van der Waals surface area contributed by atoms with Crippen molar-refractivity contribution in [1.29, 1.82) is 0 Å². The number of esters is 1. The van der Waals surface area contributed by atoms with Crippen molar-refractivity contribution >= 4 is 11.9 Å². The number of hydrogen-bond acceptors (Lipinski definition) is 6. The Morgan fingerprint density at radius 1 is 0.886 bits per heavy atom. The molecule has 0 aliphatic carbocycles. The Morgan fingerprint density at radius 2 is 1.57 bits per heavy atom. The Kier molecular flexibility index (Phi) is 7.42. The third-order valence-corrected chi connectivity index (χ3v) is 5.29. The van der Waals surface area contributed by atoms with Crippen molar-refractivity contribution in [2.75, 3.05) is 20.8 Å². The summed E-state index contributed by atoms with van der Waals surface area (Å²) in [6.45, 7) is -0.261. The van der Waals surface area contributed by atoms with E-state index in [-0.39, 0.29) is 13.2 Å². The van der Waals surface area contributed by atoms with Crippen LogP contribution >= 0.6 is 0 Å². The summed E-state index contributed by atoms with van der Waals surface area (Å²) in [5.74, 6) is -0.0598. The summed E-state index contributed by atoms with van der Waals surface area (Å²) in [7, 11) is 3.00. The molecule has 4 aromatic rings. The molecule has 1 N–H and O–H groups in total. The minimum Gasteiger partial charge on any atom is -0.493 e. The number of methoxy groups -OCH3 is 2. The summed E-state index contributed by atoms with van der Waals surface area (Å²) in [5.41, 5.74) is 3.61. The van der Waals surface area contributed by atoms with Gasteiger partial charge in [-0.2, -0.15) is 5.10 Å². The van der Waals surface area contributed by atoms with E-state index in [0.717, 1.165) is 22.5 Å². The number of carbonyl (C=O) groups excluding carboxylic acids is 2. The van der Waals surface area contributed by atoms with E-state index in [2.05, 4.69) is 5.32 Å². The molecule has 8 nitrogen and oxygen atoms in total. The van der Waals surface area contributed by atoms with E-state index in [1.807, 2.05) is 66.9 Å². The lowest BCUT2D eigenvalue weighted by Crippen LogP contribution is -2.30. The van der Waals surface area contributed by atoms with E-state index in [0.29, 0.717) is 17.1 Å². The Morgan fingerprint density at radius 3 is 2.26 bits per heavy atom. The van der Waals surface area contributed by atoms with Gasteiger partial charge in [0.05, 0.1) is 25.6 Å². The number of hydrogen-bond donors (Lipinski definition) is 1. The van der Waals surface area contributed by atoms with Crippen LogP contribution in [0.15, 0.2) is 85.1 Å². The van der Waals surface area contributed by atoms with Crippen molar-refractivity contribution in [2.24, 2.45) is 0 Å². The molecule has 0 atom stereocenters. The summed E-state index contributed by atoms with van der Waals surface area (Å²) in [4.78, 5) is 24.9. The Labute approximate surface area is 203 Å². The number of rotatable bonds is 9. The van der Waals surface area contributed by atoms with Crippen molar-refractivity contribution in [1.82, 2.24) is 15.1 Å². The molecule has 0 bridgehead atoms. The van der Waals surface area contributed by atoms with Gasteiger partial charge in [0.1, 0.15) is 13.2 Å². The number of ether oxygens (including phenoxy) is 3. The van der Waals surface area contributed by atoms with Crippen LogP contribution in [0.2, 0.25) is 0 Å². The lowest BCUT2D eigenvalue weighted by molar-refractivity contribution is -0.143. The zero-order valence-electron chi connectivity index (χ0n) is 19.4. The molecule has 0 fully saturated rings. The molecule has 0 saturated carbocycles. The van der Waals surface area contributed by atoms with Gasteiger partial charge in [0.2, 0.25) is 0 Å². The molecule has 1 heterocycles. The molecule has 0 unspecified atom stereocenters. The average molecular weight is 472 g/mol. The summed E-state index contributed by atoms with van der Waals surface area (Å²) in [5, 5.41) is 7.28. The number of para-hydroxylation sites is 1. The zero-order chi connectivity index (χ0) is 24.6. The summed E-state index contributed by atoms with van der Waals surface area (Å²) >= 11 is 0. The van der Waals surface area contributed by atoms with Gasteiger partial charge in [-0.15, -0.1) is 0 Å². The van der Waals surface area contributed by atoms with Crippen LogP contribution in [0.3, 0.4) is 0 Å². The molecule has 8 heteroatoms. The van der Waals surface area contributed by atoms with Crippen molar-refractivity contribution in [3.63, 3.8) is 0 Å². The summed E-state index contributed by atoms with van der Waals surface area (Å²) < 4.78 is 17.6. The van der Waals surface area contributed by atoms with E-state index >= 15 is 0 Å². The number of benzene rings is 3. The monoisotopic (exact) mass is 471 g/mol. The molecule has 178 valence electrons. The van der Waals surface area contributed by atoms with Crippen molar-refractivity contribution in [2.45, 2.75) is 6.61 Å². The second-order valence-corrected chi connectivity index (χ2v) is 7.56. The highest BCUT2D eigenvalue weighted by molar-refractivity contribution is 5.96. The Bertz CT molecular complexity index is 1300. The second-order valence-electron chi connectivity index (χ2n) is 7.56. The van der Waals surface area contributed by atoms with Crippen molar-refractivity contribution in [3.8, 4) is 28.4 Å². The quantitative estimate of drug-likeness (QED) is 0.371. The van der Waals surface area contributed by atoms with Crippen LogP contribution in [-0.2, 0) is 16.1 Å². The largest absolute Gasteiger partial charge is 0.493 e. The summed E-state index contributed by atoms with van der Waals surface area (Å²) in [6, 6.07) is 24.1. The van der Waals surface area contributed by atoms with Gasteiger partial charge >= 0.3 is 5.97 Å². The first-order chi connectivity index (χ1) is 17.1. The van der Waals surface area contributed by atoms with Gasteiger partial charge in [0, 0.05) is 22.9 Å². The maximum Gasteiger partial charge on any atom is 0.325 e. The number of nitrogens with one attached hydrogen (secondary N) is 1. The Hall–Kier alpha value is -4.59. The fourth-order valence-electron chi connectivity index (χ4n) is 3.51. The molecule has 0 saturated heterocycles. The van der Waals surface area contributed by atoms with E-state index in [4.69, 9.17) is 19.3 Å². The molecular weight excluding hydrogens is 446 g/mol. The van der Waals surface area contributed by atoms with Crippen LogP contribution in [-0.4, -0.2) is 42.4 Å². The normalized spacial score (nSPS) is 10.5. The van der Waals surface area contributed by atoms with Crippen LogP contribution in [0.4, 0.5) is 0 Å². The molecule has 0 radical (unpaired) electrons. The first-order valence-corrected chi connectivity index (χ1v) is 10.9. The first kappa shape index (κ1) is 23.6. The molecule has 0 aliphatic heterocycles. The smallest absolute Gasteiger partial charge is 0.325 e. The van der Waals surface area contributed by atoms with E-state index in [1.165, 1.54) is 14.2 Å². The third kappa shape index (κ3) is 5.67. The van der Waals surface area contributed by atoms with Crippen molar-refractivity contribution in [3.05, 3.63) is 96.2 Å². The van der Waals surface area contributed by atoms with Gasteiger partial charge in [-0.05, 0) is 30.3 Å². The minimum absolute atomic E-state index is 0.0160. The molecule has 1 amide bonds. The molecule has 0 aliphatic rings. The lowest BCUT2D eigenvalue weighted by atomic mass is 10.1. The average Bonchev–Trinajstić information content (AvgIpc) is 3.35. The topological polar surface area (TPSA) is 91.7 Å². The van der Waals surface area contributed by atoms with Crippen LogP contribution in [0.5, 0.6) is 11.5 Å². The zero-order valence-corrected chi connectivity index (χ0v) is 19.4. The standard InChI is InChI=1S/C27H25N3O5/c1-33-23-14-13-20(15-24(23)34-2)27(32)28-16-25(31)35-18-21-17-30(22-11-7-4-8-12-22)29-26(21)19-9-5-3-6-10-19/h3-15,17H,16,18H2,1-2H3,(H,28,32). The van der Waals surface area contributed by atoms with Gasteiger partial charge in [0.25, 0.3) is 5.91 Å².